The van der Waals surface area contributed by atoms with E-state index in [9.17, 15) is 9.90 Å². The molecule has 0 aromatic carbocycles. The SMILES string of the molecule is CCC(O)CCNC(CC)C(=O)O. The molecule has 0 rings (SSSR count). The fourth-order valence-corrected chi connectivity index (χ4v) is 1.03. The molecule has 0 aliphatic heterocycles. The van der Waals surface area contributed by atoms with E-state index in [1.165, 1.54) is 0 Å². The van der Waals surface area contributed by atoms with Crippen LogP contribution in [0, 0.1) is 0 Å². The van der Waals surface area contributed by atoms with Gasteiger partial charge in [0.1, 0.15) is 6.04 Å². The molecule has 0 fully saturated rings. The predicted octanol–water partition coefficient (Wildman–Crippen LogP) is 0.600. The summed E-state index contributed by atoms with van der Waals surface area (Å²) in [5.41, 5.74) is 0. The highest BCUT2D eigenvalue weighted by molar-refractivity contribution is 5.73. The molecule has 4 nitrogen and oxygen atoms in total. The highest BCUT2D eigenvalue weighted by atomic mass is 16.4. The molecule has 4 heteroatoms. The van der Waals surface area contributed by atoms with Crippen LogP contribution < -0.4 is 5.32 Å². The number of aliphatic hydroxyl groups excluding tert-OH is 1. The summed E-state index contributed by atoms with van der Waals surface area (Å²) < 4.78 is 0. The molecule has 0 saturated heterocycles. The largest absolute Gasteiger partial charge is 0.480 e. The van der Waals surface area contributed by atoms with Crippen LogP contribution in [0.15, 0.2) is 0 Å². The second-order valence-electron chi connectivity index (χ2n) is 3.10. The summed E-state index contributed by atoms with van der Waals surface area (Å²) in [7, 11) is 0. The van der Waals surface area contributed by atoms with Crippen LogP contribution in [0.3, 0.4) is 0 Å². The predicted molar refractivity (Wildman–Crippen MR) is 50.6 cm³/mol. The van der Waals surface area contributed by atoms with Crippen molar-refractivity contribution in [3.63, 3.8) is 0 Å². The average molecular weight is 189 g/mol. The number of aliphatic carboxylic acids is 1. The van der Waals surface area contributed by atoms with Gasteiger partial charge in [0.2, 0.25) is 0 Å². The third-order valence-corrected chi connectivity index (χ3v) is 2.05. The van der Waals surface area contributed by atoms with E-state index in [0.717, 1.165) is 0 Å². The van der Waals surface area contributed by atoms with Crippen molar-refractivity contribution in [2.45, 2.75) is 45.3 Å². The molecule has 0 saturated carbocycles. The smallest absolute Gasteiger partial charge is 0.320 e. The number of aliphatic hydroxyl groups is 1. The Hall–Kier alpha value is -0.610. The maximum absolute atomic E-state index is 10.6. The zero-order chi connectivity index (χ0) is 10.3. The zero-order valence-corrected chi connectivity index (χ0v) is 8.29. The summed E-state index contributed by atoms with van der Waals surface area (Å²) in [6.45, 7) is 4.28. The Morgan fingerprint density at radius 2 is 2.00 bits per heavy atom. The molecule has 0 aliphatic rings. The number of nitrogens with one attached hydrogen (secondary N) is 1. The second kappa shape index (κ2) is 6.86. The third-order valence-electron chi connectivity index (χ3n) is 2.05. The van der Waals surface area contributed by atoms with E-state index in [4.69, 9.17) is 5.11 Å². The Bertz CT molecular complexity index is 150. The van der Waals surface area contributed by atoms with Gasteiger partial charge in [-0.3, -0.25) is 4.79 Å². The fraction of sp³-hybridized carbons (Fsp3) is 0.889. The van der Waals surface area contributed by atoms with Crippen molar-refractivity contribution in [2.24, 2.45) is 0 Å². The van der Waals surface area contributed by atoms with E-state index < -0.39 is 12.0 Å². The van der Waals surface area contributed by atoms with E-state index in [2.05, 4.69) is 5.32 Å². The van der Waals surface area contributed by atoms with Gasteiger partial charge in [0.25, 0.3) is 0 Å². The van der Waals surface area contributed by atoms with Crippen LogP contribution in [0.4, 0.5) is 0 Å². The third kappa shape index (κ3) is 5.60. The molecule has 0 radical (unpaired) electrons. The fourth-order valence-electron chi connectivity index (χ4n) is 1.03. The lowest BCUT2D eigenvalue weighted by Crippen LogP contribution is -2.37. The van der Waals surface area contributed by atoms with Crippen LogP contribution >= 0.6 is 0 Å². The van der Waals surface area contributed by atoms with Gasteiger partial charge >= 0.3 is 5.97 Å². The Balaban J connectivity index is 3.55. The zero-order valence-electron chi connectivity index (χ0n) is 8.29. The Kier molecular flexibility index (Phi) is 6.54. The van der Waals surface area contributed by atoms with Crippen LogP contribution in [0.1, 0.15) is 33.1 Å². The van der Waals surface area contributed by atoms with Crippen molar-refractivity contribution in [1.82, 2.24) is 5.32 Å². The van der Waals surface area contributed by atoms with Gasteiger partial charge in [-0.05, 0) is 25.8 Å². The molecule has 0 amide bonds. The first-order chi connectivity index (χ1) is 6.11. The van der Waals surface area contributed by atoms with Crippen LogP contribution in [-0.2, 0) is 4.79 Å². The van der Waals surface area contributed by atoms with E-state index >= 15 is 0 Å². The van der Waals surface area contributed by atoms with Crippen molar-refractivity contribution >= 4 is 5.97 Å². The summed E-state index contributed by atoms with van der Waals surface area (Å²) in [5.74, 6) is -0.825. The van der Waals surface area contributed by atoms with Gasteiger partial charge in [-0.25, -0.2) is 0 Å². The summed E-state index contributed by atoms with van der Waals surface area (Å²) in [6, 6.07) is -0.482. The molecule has 3 N–H and O–H groups in total. The monoisotopic (exact) mass is 189 g/mol. The van der Waals surface area contributed by atoms with Crippen LogP contribution in [0.2, 0.25) is 0 Å². The number of carboxylic acid groups (broad SMARTS) is 1. The van der Waals surface area contributed by atoms with Gasteiger partial charge in [0.05, 0.1) is 6.10 Å². The molecule has 0 aliphatic carbocycles. The number of hydrogen-bond donors (Lipinski definition) is 3. The summed E-state index contributed by atoms with van der Waals surface area (Å²) in [4.78, 5) is 10.6. The van der Waals surface area contributed by atoms with Gasteiger partial charge in [-0.2, -0.15) is 0 Å². The Morgan fingerprint density at radius 3 is 2.38 bits per heavy atom. The first-order valence-corrected chi connectivity index (χ1v) is 4.76. The highest BCUT2D eigenvalue weighted by Gasteiger charge is 2.13. The first-order valence-electron chi connectivity index (χ1n) is 4.76. The van der Waals surface area contributed by atoms with Gasteiger partial charge in [-0.1, -0.05) is 13.8 Å². The lowest BCUT2D eigenvalue weighted by Gasteiger charge is -2.13. The maximum Gasteiger partial charge on any atom is 0.320 e. The molecule has 0 spiro atoms. The number of carbonyl (C=O) groups is 1. The summed E-state index contributed by atoms with van der Waals surface area (Å²) in [6.07, 6.45) is 1.57. The van der Waals surface area contributed by atoms with E-state index in [1.807, 2.05) is 13.8 Å². The van der Waals surface area contributed by atoms with Crippen LogP contribution in [0.5, 0.6) is 0 Å². The van der Waals surface area contributed by atoms with Crippen molar-refractivity contribution < 1.29 is 15.0 Å². The molecular formula is C9H19NO3. The van der Waals surface area contributed by atoms with Gasteiger partial charge in [0, 0.05) is 0 Å². The lowest BCUT2D eigenvalue weighted by atomic mass is 10.2. The normalized spacial score (nSPS) is 15.3. The van der Waals surface area contributed by atoms with Crippen molar-refractivity contribution in [3.05, 3.63) is 0 Å². The molecule has 2 atom stereocenters. The molecule has 0 heterocycles. The molecule has 2 unspecified atom stereocenters. The van der Waals surface area contributed by atoms with Crippen LogP contribution in [0.25, 0.3) is 0 Å². The molecule has 0 aromatic rings. The van der Waals surface area contributed by atoms with Crippen molar-refractivity contribution in [3.8, 4) is 0 Å². The van der Waals surface area contributed by atoms with Gasteiger partial charge in [0.15, 0.2) is 0 Å². The quantitative estimate of drug-likeness (QED) is 0.548. The molecule has 13 heavy (non-hydrogen) atoms. The minimum atomic E-state index is -0.825. The standard InChI is InChI=1S/C9H19NO3/c1-3-7(11)5-6-10-8(4-2)9(12)13/h7-8,10-11H,3-6H2,1-2H3,(H,12,13). The summed E-state index contributed by atoms with van der Waals surface area (Å²) in [5, 5.41) is 20.7. The number of carboxylic acids is 1. The van der Waals surface area contributed by atoms with E-state index in [1.54, 1.807) is 0 Å². The van der Waals surface area contributed by atoms with E-state index in [-0.39, 0.29) is 6.10 Å². The number of rotatable bonds is 7. The maximum atomic E-state index is 10.6. The molecular weight excluding hydrogens is 170 g/mol. The lowest BCUT2D eigenvalue weighted by molar-refractivity contribution is -0.139. The molecule has 78 valence electrons. The van der Waals surface area contributed by atoms with Gasteiger partial charge in [-0.15, -0.1) is 0 Å². The first kappa shape index (κ1) is 12.4. The topological polar surface area (TPSA) is 69.6 Å². The minimum Gasteiger partial charge on any atom is -0.480 e. The van der Waals surface area contributed by atoms with Crippen molar-refractivity contribution in [2.75, 3.05) is 6.54 Å². The van der Waals surface area contributed by atoms with E-state index in [0.29, 0.717) is 25.8 Å². The second-order valence-corrected chi connectivity index (χ2v) is 3.10. The van der Waals surface area contributed by atoms with Gasteiger partial charge < -0.3 is 15.5 Å². The minimum absolute atomic E-state index is 0.321. The number of hydrogen-bond acceptors (Lipinski definition) is 3. The Labute approximate surface area is 79.0 Å². The summed E-state index contributed by atoms with van der Waals surface area (Å²) >= 11 is 0. The van der Waals surface area contributed by atoms with Crippen LogP contribution in [-0.4, -0.2) is 34.9 Å². The molecule has 0 bridgehead atoms. The van der Waals surface area contributed by atoms with Crippen molar-refractivity contribution in [1.29, 1.82) is 0 Å². The Morgan fingerprint density at radius 1 is 1.38 bits per heavy atom. The average Bonchev–Trinajstić information content (AvgIpc) is 2.11. The highest BCUT2D eigenvalue weighted by Crippen LogP contribution is 1.96. The molecule has 0 aromatic heterocycles.